The molecule has 0 aromatic heterocycles. The van der Waals surface area contributed by atoms with Gasteiger partial charge < -0.3 is 10.8 Å². The second-order valence-electron chi connectivity index (χ2n) is 2.95. The maximum absolute atomic E-state index is 12.0. The van der Waals surface area contributed by atoms with Gasteiger partial charge in [-0.15, -0.1) is 0 Å². The van der Waals surface area contributed by atoms with Crippen molar-refractivity contribution < 1.29 is 23.1 Å². The third kappa shape index (κ3) is 4.12. The molecule has 2 unspecified atom stereocenters. The van der Waals surface area contributed by atoms with Crippen LogP contribution < -0.4 is 5.73 Å². The van der Waals surface area contributed by atoms with Crippen molar-refractivity contribution in [2.24, 2.45) is 17.6 Å². The normalized spacial score (nSPS) is 16.7. The van der Waals surface area contributed by atoms with Crippen molar-refractivity contribution in [2.45, 2.75) is 19.5 Å². The molecule has 0 aliphatic rings. The molecule has 0 bridgehead atoms. The summed E-state index contributed by atoms with van der Waals surface area (Å²) in [6.07, 6.45) is -4.81. The monoisotopic (exact) mass is 199 g/mol. The van der Waals surface area contributed by atoms with Crippen LogP contribution in [0.15, 0.2) is 0 Å². The molecule has 2 atom stereocenters. The average Bonchev–Trinajstić information content (AvgIpc) is 1.96. The molecule has 0 spiro atoms. The van der Waals surface area contributed by atoms with Crippen LogP contribution >= 0.6 is 0 Å². The molecule has 0 aromatic carbocycles. The van der Waals surface area contributed by atoms with Crippen LogP contribution in [0.25, 0.3) is 0 Å². The SMILES string of the molecule is CC(CC(CN)C(=O)O)C(F)(F)F. The number of carbonyl (C=O) groups is 1. The summed E-state index contributed by atoms with van der Waals surface area (Å²) in [6.45, 7) is 0.682. The van der Waals surface area contributed by atoms with Gasteiger partial charge in [0.25, 0.3) is 0 Å². The summed E-state index contributed by atoms with van der Waals surface area (Å²) >= 11 is 0. The van der Waals surface area contributed by atoms with E-state index in [1.54, 1.807) is 0 Å². The topological polar surface area (TPSA) is 63.3 Å². The van der Waals surface area contributed by atoms with Crippen LogP contribution in [-0.2, 0) is 4.79 Å². The zero-order valence-electron chi connectivity index (χ0n) is 7.14. The number of carboxylic acids is 1. The van der Waals surface area contributed by atoms with Gasteiger partial charge in [-0.1, -0.05) is 6.92 Å². The number of hydrogen-bond donors (Lipinski definition) is 2. The van der Waals surface area contributed by atoms with Gasteiger partial charge in [0.05, 0.1) is 11.8 Å². The van der Waals surface area contributed by atoms with Gasteiger partial charge >= 0.3 is 12.1 Å². The Labute approximate surface area is 73.7 Å². The number of halogens is 3. The Kier molecular flexibility index (Phi) is 4.19. The molecule has 6 heteroatoms. The molecule has 0 aliphatic carbocycles. The van der Waals surface area contributed by atoms with E-state index in [1.807, 2.05) is 0 Å². The van der Waals surface area contributed by atoms with Crippen molar-refractivity contribution >= 4 is 5.97 Å². The molecule has 0 rings (SSSR count). The number of alkyl halides is 3. The second kappa shape index (κ2) is 4.45. The minimum atomic E-state index is -4.34. The Balaban J connectivity index is 4.17. The lowest BCUT2D eigenvalue weighted by molar-refractivity contribution is -0.176. The Morgan fingerprint density at radius 3 is 2.23 bits per heavy atom. The first-order valence-electron chi connectivity index (χ1n) is 3.78. The largest absolute Gasteiger partial charge is 0.481 e. The highest BCUT2D eigenvalue weighted by Crippen LogP contribution is 2.30. The molecule has 3 N–H and O–H groups in total. The number of hydrogen-bond acceptors (Lipinski definition) is 2. The van der Waals surface area contributed by atoms with Gasteiger partial charge in [0.1, 0.15) is 0 Å². The van der Waals surface area contributed by atoms with E-state index in [1.165, 1.54) is 0 Å². The van der Waals surface area contributed by atoms with E-state index in [0.29, 0.717) is 0 Å². The molecule has 0 radical (unpaired) electrons. The lowest BCUT2D eigenvalue weighted by Crippen LogP contribution is -2.30. The molecule has 0 saturated carbocycles. The second-order valence-corrected chi connectivity index (χ2v) is 2.95. The maximum Gasteiger partial charge on any atom is 0.391 e. The molecule has 0 amide bonds. The third-order valence-corrected chi connectivity index (χ3v) is 1.83. The van der Waals surface area contributed by atoms with Crippen LogP contribution in [0.4, 0.5) is 13.2 Å². The van der Waals surface area contributed by atoms with E-state index in [9.17, 15) is 18.0 Å². The zero-order valence-corrected chi connectivity index (χ0v) is 7.14. The highest BCUT2D eigenvalue weighted by atomic mass is 19.4. The van der Waals surface area contributed by atoms with Gasteiger partial charge in [-0.2, -0.15) is 13.2 Å². The van der Waals surface area contributed by atoms with E-state index in [4.69, 9.17) is 10.8 Å². The quantitative estimate of drug-likeness (QED) is 0.715. The number of rotatable bonds is 4. The minimum Gasteiger partial charge on any atom is -0.481 e. The molecule has 78 valence electrons. The summed E-state index contributed by atoms with van der Waals surface area (Å²) in [5.41, 5.74) is 5.02. The van der Waals surface area contributed by atoms with Crippen LogP contribution in [0.3, 0.4) is 0 Å². The van der Waals surface area contributed by atoms with E-state index in [2.05, 4.69) is 0 Å². The average molecular weight is 199 g/mol. The smallest absolute Gasteiger partial charge is 0.391 e. The van der Waals surface area contributed by atoms with Gasteiger partial charge in [-0.3, -0.25) is 4.79 Å². The van der Waals surface area contributed by atoms with Gasteiger partial charge in [0, 0.05) is 6.54 Å². The fourth-order valence-corrected chi connectivity index (χ4v) is 0.858. The van der Waals surface area contributed by atoms with Crippen molar-refractivity contribution in [1.29, 1.82) is 0 Å². The summed E-state index contributed by atoms with van der Waals surface area (Å²) in [5, 5.41) is 8.44. The molecule has 0 fully saturated rings. The van der Waals surface area contributed by atoms with Crippen molar-refractivity contribution in [3.63, 3.8) is 0 Å². The highest BCUT2D eigenvalue weighted by molar-refractivity contribution is 5.70. The molecule has 3 nitrogen and oxygen atoms in total. The fraction of sp³-hybridized carbons (Fsp3) is 0.857. The van der Waals surface area contributed by atoms with Gasteiger partial charge in [-0.25, -0.2) is 0 Å². The molecule has 0 saturated heterocycles. The summed E-state index contributed by atoms with van der Waals surface area (Å²) in [7, 11) is 0. The Hall–Kier alpha value is -0.780. The standard InChI is InChI=1S/C7H12F3NO2/c1-4(7(8,9)10)2-5(3-11)6(12)13/h4-5H,2-3,11H2,1H3,(H,12,13). The van der Waals surface area contributed by atoms with Crippen LogP contribution in [0.2, 0.25) is 0 Å². The Morgan fingerprint density at radius 1 is 1.54 bits per heavy atom. The van der Waals surface area contributed by atoms with Gasteiger partial charge in [-0.05, 0) is 6.42 Å². The summed E-state index contributed by atoms with van der Waals surface area (Å²) in [4.78, 5) is 10.3. The van der Waals surface area contributed by atoms with E-state index < -0.39 is 30.4 Å². The first-order chi connectivity index (χ1) is 5.79. The molecular weight excluding hydrogens is 187 g/mol. The Bertz CT molecular complexity index is 181. The maximum atomic E-state index is 12.0. The van der Waals surface area contributed by atoms with Crippen molar-refractivity contribution in [1.82, 2.24) is 0 Å². The molecule has 0 heterocycles. The molecule has 13 heavy (non-hydrogen) atoms. The van der Waals surface area contributed by atoms with Gasteiger partial charge in [0.15, 0.2) is 0 Å². The van der Waals surface area contributed by atoms with Crippen molar-refractivity contribution in [3.8, 4) is 0 Å². The zero-order chi connectivity index (χ0) is 10.6. The highest BCUT2D eigenvalue weighted by Gasteiger charge is 2.38. The summed E-state index contributed by atoms with van der Waals surface area (Å²) in [6, 6.07) is 0. The lowest BCUT2D eigenvalue weighted by atomic mass is 9.95. The molecule has 0 aromatic rings. The van der Waals surface area contributed by atoms with Crippen molar-refractivity contribution in [2.75, 3.05) is 6.54 Å². The predicted molar refractivity (Wildman–Crippen MR) is 40.0 cm³/mol. The summed E-state index contributed by atoms with van der Waals surface area (Å²) < 4.78 is 35.9. The fourth-order valence-electron chi connectivity index (χ4n) is 0.858. The molecule has 0 aliphatic heterocycles. The van der Waals surface area contributed by atoms with E-state index >= 15 is 0 Å². The minimum absolute atomic E-state index is 0.268. The van der Waals surface area contributed by atoms with E-state index in [-0.39, 0.29) is 6.54 Å². The van der Waals surface area contributed by atoms with Crippen LogP contribution in [-0.4, -0.2) is 23.8 Å². The van der Waals surface area contributed by atoms with Crippen LogP contribution in [0.1, 0.15) is 13.3 Å². The lowest BCUT2D eigenvalue weighted by Gasteiger charge is -2.18. The third-order valence-electron chi connectivity index (χ3n) is 1.83. The van der Waals surface area contributed by atoms with Crippen LogP contribution in [0, 0.1) is 11.8 Å². The first-order valence-corrected chi connectivity index (χ1v) is 3.78. The van der Waals surface area contributed by atoms with E-state index in [0.717, 1.165) is 6.92 Å². The first kappa shape index (κ1) is 12.2. The summed E-state index contributed by atoms with van der Waals surface area (Å²) in [5.74, 6) is -4.02. The molecular formula is C7H12F3NO2. The Morgan fingerprint density at radius 2 is 2.00 bits per heavy atom. The van der Waals surface area contributed by atoms with Crippen LogP contribution in [0.5, 0.6) is 0 Å². The number of aliphatic carboxylic acids is 1. The number of nitrogens with two attached hydrogens (primary N) is 1. The van der Waals surface area contributed by atoms with Gasteiger partial charge in [0.2, 0.25) is 0 Å². The predicted octanol–water partition coefficient (Wildman–Crippen LogP) is 1.23. The number of carboxylic acid groups (broad SMARTS) is 1. The van der Waals surface area contributed by atoms with Crippen molar-refractivity contribution in [3.05, 3.63) is 0 Å².